The monoisotopic (exact) mass is 629 g/mol. The molecule has 0 atom stereocenters. The summed E-state index contributed by atoms with van der Waals surface area (Å²) in [7, 11) is 0.174. The number of hydrogen-bond donors (Lipinski definition) is 3. The number of methoxy groups -OCH3 is 1. The van der Waals surface area contributed by atoms with Crippen molar-refractivity contribution in [2.45, 2.75) is 36.6 Å². The van der Waals surface area contributed by atoms with Gasteiger partial charge in [-0.05, 0) is 56.0 Å². The molecule has 0 bridgehead atoms. The lowest BCUT2D eigenvalue weighted by atomic mass is 9.85. The Morgan fingerprint density at radius 1 is 1.09 bits per heavy atom. The fourth-order valence-corrected chi connectivity index (χ4v) is 6.57. The molecule has 5 rings (SSSR count). The molecule has 0 unspecified atom stereocenters. The summed E-state index contributed by atoms with van der Waals surface area (Å²) in [5.74, 6) is -0.525. The molecule has 1 aliphatic rings. The SMILES string of the molecule is CNC(=O)C1CCC(Nc2ncc3cc(-c4cc(NS(=O)(=O)c5cc(Cl)cnc5OC)ccc4F)c(=O)n(C)c3n2)CC1. The third-order valence-electron chi connectivity index (χ3n) is 7.40. The number of carbonyl (C=O) groups is 1. The number of sulfonamides is 1. The maximum absolute atomic E-state index is 15.1. The Morgan fingerprint density at radius 2 is 1.84 bits per heavy atom. The van der Waals surface area contributed by atoms with Crippen LogP contribution in [0.5, 0.6) is 5.88 Å². The van der Waals surface area contributed by atoms with E-state index in [2.05, 4.69) is 30.3 Å². The lowest BCUT2D eigenvalue weighted by molar-refractivity contribution is -0.125. The van der Waals surface area contributed by atoms with E-state index in [4.69, 9.17) is 16.3 Å². The van der Waals surface area contributed by atoms with Crippen LogP contribution in [0.3, 0.4) is 0 Å². The van der Waals surface area contributed by atoms with Crippen LogP contribution in [0, 0.1) is 11.7 Å². The molecule has 0 saturated heterocycles. The minimum atomic E-state index is -4.24. The molecule has 1 aromatic carbocycles. The minimum Gasteiger partial charge on any atom is -0.480 e. The molecule has 0 aliphatic heterocycles. The van der Waals surface area contributed by atoms with Crippen LogP contribution in [0.15, 0.2) is 52.4 Å². The van der Waals surface area contributed by atoms with Gasteiger partial charge in [0.25, 0.3) is 15.6 Å². The van der Waals surface area contributed by atoms with Gasteiger partial charge in [-0.3, -0.25) is 18.9 Å². The van der Waals surface area contributed by atoms with Gasteiger partial charge >= 0.3 is 0 Å². The van der Waals surface area contributed by atoms with Gasteiger partial charge in [0.05, 0.1) is 17.7 Å². The topological polar surface area (TPSA) is 157 Å². The van der Waals surface area contributed by atoms with Crippen LogP contribution in [0.2, 0.25) is 5.02 Å². The van der Waals surface area contributed by atoms with Crippen molar-refractivity contribution in [3.8, 4) is 17.0 Å². The van der Waals surface area contributed by atoms with E-state index in [1.807, 2.05) is 0 Å². The number of benzene rings is 1. The highest BCUT2D eigenvalue weighted by Crippen LogP contribution is 2.30. The highest BCUT2D eigenvalue weighted by molar-refractivity contribution is 7.92. The highest BCUT2D eigenvalue weighted by Gasteiger charge is 2.26. The average Bonchev–Trinajstić information content (AvgIpc) is 3.00. The number of anilines is 2. The second kappa shape index (κ2) is 12.1. The first-order chi connectivity index (χ1) is 20.5. The molecule has 3 aromatic heterocycles. The highest BCUT2D eigenvalue weighted by atomic mass is 35.5. The number of carbonyl (C=O) groups excluding carboxylic acids is 1. The molecule has 1 saturated carbocycles. The van der Waals surface area contributed by atoms with Crippen molar-refractivity contribution in [1.82, 2.24) is 24.8 Å². The zero-order chi connectivity index (χ0) is 30.9. The van der Waals surface area contributed by atoms with Crippen LogP contribution in [0.4, 0.5) is 16.0 Å². The Balaban J connectivity index is 1.42. The Morgan fingerprint density at radius 3 is 2.53 bits per heavy atom. The van der Waals surface area contributed by atoms with E-state index < -0.39 is 21.4 Å². The first kappa shape index (κ1) is 30.2. The number of aromatic nitrogens is 4. The minimum absolute atomic E-state index is 0.00233. The number of aryl methyl sites for hydroxylation is 1. The molecule has 15 heteroatoms. The maximum Gasteiger partial charge on any atom is 0.267 e. The van der Waals surface area contributed by atoms with Gasteiger partial charge < -0.3 is 15.4 Å². The number of hydrogen-bond acceptors (Lipinski definition) is 9. The standard InChI is InChI=1S/C28H29ClFN7O5S/c1-31-25(38)15-4-6-18(7-5-15)34-28-33-13-16-10-21(27(39)37(2)24(16)35-28)20-12-19(8-9-22(20)30)36-43(40,41)23-11-17(29)14-32-26(23)42-3/h8-15,18,36H,4-7H2,1-3H3,(H,31,38)(H,33,34,35). The first-order valence-corrected chi connectivity index (χ1v) is 15.2. The molecule has 3 N–H and O–H groups in total. The van der Waals surface area contributed by atoms with Crippen LogP contribution in [-0.2, 0) is 21.9 Å². The van der Waals surface area contributed by atoms with Gasteiger partial charge in [-0.1, -0.05) is 11.6 Å². The van der Waals surface area contributed by atoms with Gasteiger partial charge in [0.15, 0.2) is 4.90 Å². The Bertz CT molecular complexity index is 1880. The lowest BCUT2D eigenvalue weighted by Gasteiger charge is -2.28. The Hall–Kier alpha value is -4.30. The second-order valence-electron chi connectivity index (χ2n) is 10.2. The molecular weight excluding hydrogens is 601 g/mol. The molecule has 1 aliphatic carbocycles. The number of nitrogens with one attached hydrogen (secondary N) is 3. The summed E-state index contributed by atoms with van der Waals surface area (Å²) < 4.78 is 50.0. The van der Waals surface area contributed by atoms with E-state index in [1.54, 1.807) is 7.05 Å². The molecule has 226 valence electrons. The van der Waals surface area contributed by atoms with Crippen LogP contribution in [-0.4, -0.2) is 54.0 Å². The molecule has 1 amide bonds. The van der Waals surface area contributed by atoms with E-state index in [0.29, 0.717) is 17.0 Å². The van der Waals surface area contributed by atoms with Crippen molar-refractivity contribution >= 4 is 50.2 Å². The maximum atomic E-state index is 15.1. The summed E-state index contributed by atoms with van der Waals surface area (Å²) in [6.07, 6.45) is 5.82. The first-order valence-electron chi connectivity index (χ1n) is 13.4. The van der Waals surface area contributed by atoms with Crippen molar-refractivity contribution in [2.75, 3.05) is 24.2 Å². The molecule has 3 heterocycles. The van der Waals surface area contributed by atoms with Gasteiger partial charge in [0.1, 0.15) is 11.5 Å². The smallest absolute Gasteiger partial charge is 0.267 e. The summed E-state index contributed by atoms with van der Waals surface area (Å²) in [6.45, 7) is 0. The summed E-state index contributed by atoms with van der Waals surface area (Å²) in [5, 5.41) is 6.54. The molecule has 12 nitrogen and oxygen atoms in total. The van der Waals surface area contributed by atoms with Crippen molar-refractivity contribution in [1.29, 1.82) is 0 Å². The lowest BCUT2D eigenvalue weighted by Crippen LogP contribution is -2.34. The number of pyridine rings is 2. The van der Waals surface area contributed by atoms with E-state index in [0.717, 1.165) is 31.7 Å². The second-order valence-corrected chi connectivity index (χ2v) is 12.3. The molecule has 0 radical (unpaired) electrons. The number of rotatable bonds is 8. The third-order valence-corrected chi connectivity index (χ3v) is 8.99. The number of amides is 1. The molecule has 0 spiro atoms. The van der Waals surface area contributed by atoms with E-state index in [1.165, 1.54) is 55.4 Å². The summed E-state index contributed by atoms with van der Waals surface area (Å²) >= 11 is 5.94. The van der Waals surface area contributed by atoms with Gasteiger partial charge in [-0.15, -0.1) is 0 Å². The summed E-state index contributed by atoms with van der Waals surface area (Å²) in [4.78, 5) is 37.8. The van der Waals surface area contributed by atoms with Gasteiger partial charge in [0, 0.05) is 55.1 Å². The zero-order valence-corrected chi connectivity index (χ0v) is 25.1. The van der Waals surface area contributed by atoms with E-state index >= 15 is 4.39 Å². The summed E-state index contributed by atoms with van der Waals surface area (Å²) in [6, 6.07) is 6.25. The fourth-order valence-electron chi connectivity index (χ4n) is 5.16. The number of halogens is 2. The molecule has 43 heavy (non-hydrogen) atoms. The molecule has 4 aromatic rings. The van der Waals surface area contributed by atoms with Crippen molar-refractivity contribution in [3.63, 3.8) is 0 Å². The van der Waals surface area contributed by atoms with Crippen LogP contribution >= 0.6 is 11.6 Å². The molecule has 1 fully saturated rings. The van der Waals surface area contributed by atoms with Crippen LogP contribution in [0.25, 0.3) is 22.2 Å². The Labute approximate surface area is 251 Å². The van der Waals surface area contributed by atoms with Crippen molar-refractivity contribution < 1.29 is 22.3 Å². The third kappa shape index (κ3) is 6.25. The average molecular weight is 630 g/mol. The fraction of sp³-hybridized carbons (Fsp3) is 0.321. The predicted molar refractivity (Wildman–Crippen MR) is 160 cm³/mol. The zero-order valence-electron chi connectivity index (χ0n) is 23.5. The van der Waals surface area contributed by atoms with Crippen LogP contribution in [0.1, 0.15) is 25.7 Å². The van der Waals surface area contributed by atoms with E-state index in [-0.39, 0.29) is 50.5 Å². The van der Waals surface area contributed by atoms with Gasteiger partial charge in [-0.2, -0.15) is 4.98 Å². The predicted octanol–water partition coefficient (Wildman–Crippen LogP) is 3.71. The number of fused-ring (bicyclic) bond motifs is 1. The number of ether oxygens (including phenoxy) is 1. The van der Waals surface area contributed by atoms with Crippen molar-refractivity contribution in [2.24, 2.45) is 13.0 Å². The van der Waals surface area contributed by atoms with Crippen LogP contribution < -0.4 is 25.7 Å². The van der Waals surface area contributed by atoms with Gasteiger partial charge in [0.2, 0.25) is 17.7 Å². The van der Waals surface area contributed by atoms with Crippen molar-refractivity contribution in [3.05, 3.63) is 63.9 Å². The quantitative estimate of drug-likeness (QED) is 0.264. The molecular formula is C28H29ClFN7O5S. The largest absolute Gasteiger partial charge is 0.480 e. The normalized spacial score (nSPS) is 17.0. The van der Waals surface area contributed by atoms with Gasteiger partial charge in [-0.25, -0.2) is 22.8 Å². The number of nitrogens with zero attached hydrogens (tertiary/aromatic N) is 4. The Kier molecular flexibility index (Phi) is 8.51. The van der Waals surface area contributed by atoms with E-state index in [9.17, 15) is 18.0 Å². The summed E-state index contributed by atoms with van der Waals surface area (Å²) in [5.41, 5.74) is -0.324.